The van der Waals surface area contributed by atoms with Crippen molar-refractivity contribution in [1.82, 2.24) is 4.98 Å². The lowest BCUT2D eigenvalue weighted by atomic mass is 10.1. The minimum absolute atomic E-state index is 0.167. The van der Waals surface area contributed by atoms with Gasteiger partial charge in [0.25, 0.3) is 5.91 Å². The summed E-state index contributed by atoms with van der Waals surface area (Å²) in [7, 11) is 0. The molecule has 0 unspecified atom stereocenters. The summed E-state index contributed by atoms with van der Waals surface area (Å²) in [5.41, 5.74) is 2.03. The number of benzene rings is 1. The molecule has 1 aromatic heterocycles. The van der Waals surface area contributed by atoms with Crippen LogP contribution in [0.3, 0.4) is 0 Å². The van der Waals surface area contributed by atoms with Gasteiger partial charge in [0.2, 0.25) is 0 Å². The standard InChI is InChI=1S/C17H12N2O3S2/c20-15(21)9-11-3-5-13(6-4-11)19-16(22)14(24-17(19)23)8-12-2-1-7-18-10-12/h1-8,10H,9H2,(H,20,21)/p-1/b14-8-. The van der Waals surface area contributed by atoms with Crippen LogP contribution in [0.5, 0.6) is 0 Å². The topological polar surface area (TPSA) is 73.3 Å². The third kappa shape index (κ3) is 3.52. The van der Waals surface area contributed by atoms with Gasteiger partial charge in [-0.2, -0.15) is 0 Å². The molecule has 0 radical (unpaired) electrons. The molecule has 5 nitrogen and oxygen atoms in total. The number of hydrogen-bond donors (Lipinski definition) is 0. The minimum Gasteiger partial charge on any atom is -0.550 e. The maximum atomic E-state index is 12.6. The number of aliphatic carboxylic acids is 1. The Bertz CT molecular complexity index is 833. The van der Waals surface area contributed by atoms with E-state index in [1.165, 1.54) is 16.7 Å². The molecule has 0 atom stereocenters. The molecule has 2 heterocycles. The minimum atomic E-state index is -1.15. The number of pyridine rings is 1. The maximum absolute atomic E-state index is 12.6. The lowest BCUT2D eigenvalue weighted by Gasteiger charge is -2.15. The van der Waals surface area contributed by atoms with E-state index >= 15 is 0 Å². The molecule has 1 saturated heterocycles. The van der Waals surface area contributed by atoms with Crippen molar-refractivity contribution in [3.8, 4) is 0 Å². The molecule has 1 aliphatic rings. The summed E-state index contributed by atoms with van der Waals surface area (Å²) < 4.78 is 0.433. The number of anilines is 1. The molecule has 2 aromatic rings. The van der Waals surface area contributed by atoms with Gasteiger partial charge >= 0.3 is 0 Å². The molecular weight excluding hydrogens is 344 g/mol. The van der Waals surface area contributed by atoms with Gasteiger partial charge in [-0.15, -0.1) is 0 Å². The van der Waals surface area contributed by atoms with Crippen LogP contribution in [-0.2, 0) is 16.0 Å². The van der Waals surface area contributed by atoms with E-state index in [1.807, 2.05) is 6.07 Å². The number of hydrogen-bond acceptors (Lipinski definition) is 6. The second-order valence-corrected chi connectivity index (χ2v) is 6.69. The number of carbonyl (C=O) groups is 2. The quantitative estimate of drug-likeness (QED) is 0.615. The van der Waals surface area contributed by atoms with E-state index in [0.717, 1.165) is 5.56 Å². The first kappa shape index (κ1) is 16.4. The monoisotopic (exact) mass is 355 g/mol. The zero-order valence-corrected chi connectivity index (χ0v) is 14.0. The van der Waals surface area contributed by atoms with Crippen molar-refractivity contribution in [2.75, 3.05) is 4.90 Å². The summed E-state index contributed by atoms with van der Waals surface area (Å²) in [6.45, 7) is 0. The van der Waals surface area contributed by atoms with Gasteiger partial charge in [0.1, 0.15) is 0 Å². The van der Waals surface area contributed by atoms with Gasteiger partial charge in [-0.3, -0.25) is 14.7 Å². The number of carboxylic acids is 1. The van der Waals surface area contributed by atoms with Gasteiger partial charge in [-0.05, 0) is 35.4 Å². The van der Waals surface area contributed by atoms with Gasteiger partial charge in [0.05, 0.1) is 10.6 Å². The molecule has 1 aromatic carbocycles. The Morgan fingerprint density at radius 3 is 2.67 bits per heavy atom. The summed E-state index contributed by atoms with van der Waals surface area (Å²) in [5.74, 6) is -1.35. The molecule has 0 N–H and O–H groups in total. The fourth-order valence-electron chi connectivity index (χ4n) is 2.23. The van der Waals surface area contributed by atoms with Gasteiger partial charge in [-0.1, -0.05) is 42.2 Å². The molecule has 1 amide bonds. The third-order valence-electron chi connectivity index (χ3n) is 3.32. The van der Waals surface area contributed by atoms with E-state index in [9.17, 15) is 14.7 Å². The molecule has 24 heavy (non-hydrogen) atoms. The van der Waals surface area contributed by atoms with Crippen LogP contribution in [0, 0.1) is 0 Å². The molecule has 0 saturated carbocycles. The van der Waals surface area contributed by atoms with Crippen LogP contribution in [0.2, 0.25) is 0 Å². The van der Waals surface area contributed by atoms with Crippen molar-refractivity contribution in [2.24, 2.45) is 0 Å². The highest BCUT2D eigenvalue weighted by molar-refractivity contribution is 8.27. The number of thioether (sulfide) groups is 1. The molecule has 7 heteroatoms. The number of thiocarbonyl (C=S) groups is 1. The Balaban J connectivity index is 1.84. The highest BCUT2D eigenvalue weighted by Gasteiger charge is 2.33. The van der Waals surface area contributed by atoms with E-state index in [1.54, 1.807) is 48.8 Å². The van der Waals surface area contributed by atoms with Crippen molar-refractivity contribution < 1.29 is 14.7 Å². The average molecular weight is 355 g/mol. The van der Waals surface area contributed by atoms with Crippen LogP contribution in [0.4, 0.5) is 5.69 Å². The van der Waals surface area contributed by atoms with E-state index in [2.05, 4.69) is 4.98 Å². The maximum Gasteiger partial charge on any atom is 0.270 e. The number of carboxylic acid groups (broad SMARTS) is 1. The lowest BCUT2D eigenvalue weighted by Crippen LogP contribution is -2.27. The fraction of sp³-hybridized carbons (Fsp3) is 0.0588. The van der Waals surface area contributed by atoms with Crippen molar-refractivity contribution in [3.63, 3.8) is 0 Å². The zero-order valence-electron chi connectivity index (χ0n) is 12.3. The molecule has 0 bridgehead atoms. The van der Waals surface area contributed by atoms with Crippen LogP contribution < -0.4 is 10.0 Å². The highest BCUT2D eigenvalue weighted by atomic mass is 32.2. The van der Waals surface area contributed by atoms with Crippen LogP contribution in [-0.4, -0.2) is 21.2 Å². The SMILES string of the molecule is O=C([O-])Cc1ccc(N2C(=O)/C(=C/c3cccnc3)SC2=S)cc1. The normalized spacial score (nSPS) is 16.0. The third-order valence-corrected chi connectivity index (χ3v) is 4.62. The van der Waals surface area contributed by atoms with E-state index in [0.29, 0.717) is 20.5 Å². The predicted octanol–water partition coefficient (Wildman–Crippen LogP) is 1.78. The van der Waals surface area contributed by atoms with Gasteiger partial charge in [0.15, 0.2) is 4.32 Å². The summed E-state index contributed by atoms with van der Waals surface area (Å²) >= 11 is 6.53. The first-order valence-electron chi connectivity index (χ1n) is 7.01. The summed E-state index contributed by atoms with van der Waals surface area (Å²) in [4.78, 5) is 29.2. The van der Waals surface area contributed by atoms with E-state index in [-0.39, 0.29) is 12.3 Å². The second kappa shape index (κ2) is 6.94. The highest BCUT2D eigenvalue weighted by Crippen LogP contribution is 2.35. The molecule has 1 fully saturated rings. The number of amides is 1. The van der Waals surface area contributed by atoms with Crippen molar-refractivity contribution >= 4 is 51.9 Å². The first-order chi connectivity index (χ1) is 11.5. The number of nitrogens with zero attached hydrogens (tertiary/aromatic N) is 2. The Morgan fingerprint density at radius 1 is 1.29 bits per heavy atom. The molecule has 0 spiro atoms. The Kier molecular flexibility index (Phi) is 4.73. The zero-order chi connectivity index (χ0) is 17.1. The molecule has 1 aliphatic heterocycles. The Labute approximate surface area is 148 Å². The van der Waals surface area contributed by atoms with Crippen LogP contribution >= 0.6 is 24.0 Å². The van der Waals surface area contributed by atoms with E-state index < -0.39 is 5.97 Å². The van der Waals surface area contributed by atoms with Gasteiger partial charge in [-0.25, -0.2) is 0 Å². The number of aromatic nitrogens is 1. The molecule has 3 rings (SSSR count). The number of carbonyl (C=O) groups excluding carboxylic acids is 2. The van der Waals surface area contributed by atoms with E-state index in [4.69, 9.17) is 12.2 Å². The van der Waals surface area contributed by atoms with Crippen LogP contribution in [0.15, 0.2) is 53.7 Å². The summed E-state index contributed by atoms with van der Waals surface area (Å²) in [6.07, 6.45) is 4.91. The van der Waals surface area contributed by atoms with Crippen LogP contribution in [0.1, 0.15) is 11.1 Å². The van der Waals surface area contributed by atoms with Crippen LogP contribution in [0.25, 0.3) is 6.08 Å². The second-order valence-electron chi connectivity index (χ2n) is 5.02. The van der Waals surface area contributed by atoms with Crippen molar-refractivity contribution in [3.05, 3.63) is 64.8 Å². The smallest absolute Gasteiger partial charge is 0.270 e. The Hall–Kier alpha value is -2.51. The molecular formula is C17H11N2O3S2-. The average Bonchev–Trinajstić information content (AvgIpc) is 2.83. The number of rotatable bonds is 4. The van der Waals surface area contributed by atoms with Gasteiger partial charge < -0.3 is 9.90 Å². The fourth-order valence-corrected chi connectivity index (χ4v) is 3.53. The summed E-state index contributed by atoms with van der Waals surface area (Å²) in [6, 6.07) is 10.3. The predicted molar refractivity (Wildman–Crippen MR) is 95.0 cm³/mol. The summed E-state index contributed by atoms with van der Waals surface area (Å²) in [5, 5.41) is 10.6. The van der Waals surface area contributed by atoms with Crippen molar-refractivity contribution in [2.45, 2.75) is 6.42 Å². The first-order valence-corrected chi connectivity index (χ1v) is 8.24. The van der Waals surface area contributed by atoms with Gasteiger partial charge in [0, 0.05) is 24.8 Å². The Morgan fingerprint density at radius 2 is 2.04 bits per heavy atom. The molecule has 120 valence electrons. The largest absolute Gasteiger partial charge is 0.550 e. The lowest BCUT2D eigenvalue weighted by molar-refractivity contribution is -0.304. The van der Waals surface area contributed by atoms with Crippen molar-refractivity contribution in [1.29, 1.82) is 0 Å². The molecule has 0 aliphatic carbocycles.